The molecule has 0 radical (unpaired) electrons. The van der Waals surface area contributed by atoms with E-state index in [0.29, 0.717) is 74.7 Å². The van der Waals surface area contributed by atoms with Gasteiger partial charge in [-0.1, -0.05) is 68.0 Å². The molecule has 0 saturated heterocycles. The second kappa shape index (κ2) is 14.9. The quantitative estimate of drug-likeness (QED) is 0.172. The first kappa shape index (κ1) is 36.3. The van der Waals surface area contributed by atoms with Crippen LogP contribution in [0.3, 0.4) is 0 Å². The molecule has 0 spiro atoms. The van der Waals surface area contributed by atoms with Crippen molar-refractivity contribution in [2.75, 3.05) is 18.4 Å². The molecule has 0 heterocycles. The van der Waals surface area contributed by atoms with Gasteiger partial charge >= 0.3 is 12.2 Å². The van der Waals surface area contributed by atoms with Gasteiger partial charge in [0.25, 0.3) is 0 Å². The predicted molar refractivity (Wildman–Crippen MR) is 186 cm³/mol. The second-order valence-electron chi connectivity index (χ2n) is 14.1. The first-order chi connectivity index (χ1) is 23.2. The molecule has 4 unspecified atom stereocenters. The van der Waals surface area contributed by atoms with Crippen molar-refractivity contribution in [2.45, 2.75) is 95.9 Å². The lowest BCUT2D eigenvalue weighted by atomic mass is 9.64. The summed E-state index contributed by atoms with van der Waals surface area (Å²) in [5.41, 5.74) is 0.331. The van der Waals surface area contributed by atoms with E-state index in [-0.39, 0.29) is 29.6 Å². The van der Waals surface area contributed by atoms with Gasteiger partial charge in [0.05, 0.1) is 23.8 Å². The van der Waals surface area contributed by atoms with Crippen LogP contribution in [0.2, 0.25) is 0 Å². The number of hydrogen-bond donors (Lipinski definition) is 3. The topological polar surface area (TPSA) is 89.9 Å². The molecular weight excluding hydrogens is 629 g/mol. The monoisotopic (exact) mass is 676 g/mol. The van der Waals surface area contributed by atoms with Crippen molar-refractivity contribution in [3.05, 3.63) is 112 Å². The molecule has 262 valence electrons. The number of amides is 2. The Bertz CT molecular complexity index is 1670. The van der Waals surface area contributed by atoms with Crippen LogP contribution in [0.5, 0.6) is 0 Å². The lowest BCUT2D eigenvalue weighted by Crippen LogP contribution is -2.54. The summed E-state index contributed by atoms with van der Waals surface area (Å²) in [4.78, 5) is 29.5. The summed E-state index contributed by atoms with van der Waals surface area (Å²) in [7, 11) is 0. The molecule has 2 amide bonds. The average Bonchev–Trinajstić information content (AvgIpc) is 3.32. The molecule has 0 aromatic heterocycles. The van der Waals surface area contributed by atoms with E-state index >= 15 is 0 Å². The average molecular weight is 677 g/mol. The van der Waals surface area contributed by atoms with E-state index in [4.69, 9.17) is 0 Å². The molecule has 4 atom stereocenters. The van der Waals surface area contributed by atoms with E-state index in [2.05, 4.69) is 11.4 Å². The van der Waals surface area contributed by atoms with Gasteiger partial charge in [-0.3, -0.25) is 4.79 Å². The molecule has 6 nitrogen and oxygen atoms in total. The van der Waals surface area contributed by atoms with Crippen LogP contribution in [0.4, 0.5) is 23.7 Å². The molecule has 49 heavy (non-hydrogen) atoms. The minimum absolute atomic E-state index is 0.0740. The maximum atomic E-state index is 14.2. The first-order valence-corrected chi connectivity index (χ1v) is 17.3. The number of carbonyl (C=O) groups excluding carboxylic acids is 2. The summed E-state index contributed by atoms with van der Waals surface area (Å²) in [5, 5.41) is 26.5. The van der Waals surface area contributed by atoms with Crippen LogP contribution in [0.15, 0.2) is 84.4 Å². The Hall–Kier alpha value is -3.95. The number of fused-ring (bicyclic) bond motifs is 8. The van der Waals surface area contributed by atoms with Crippen molar-refractivity contribution >= 4 is 17.5 Å². The number of rotatable bonds is 7. The van der Waals surface area contributed by atoms with E-state index < -0.39 is 34.6 Å². The minimum atomic E-state index is -4.61. The summed E-state index contributed by atoms with van der Waals surface area (Å²) in [6.07, 6.45) is 1.13. The highest BCUT2D eigenvalue weighted by Crippen LogP contribution is 2.59. The summed E-state index contributed by atoms with van der Waals surface area (Å²) in [6, 6.07) is 18.8. The van der Waals surface area contributed by atoms with Gasteiger partial charge in [0.15, 0.2) is 5.78 Å². The lowest BCUT2D eigenvalue weighted by Gasteiger charge is -2.46. The molecule has 3 aromatic carbocycles. The maximum absolute atomic E-state index is 14.2. The van der Waals surface area contributed by atoms with Crippen molar-refractivity contribution in [3.8, 4) is 0 Å². The van der Waals surface area contributed by atoms with Gasteiger partial charge in [0.2, 0.25) is 0 Å². The van der Waals surface area contributed by atoms with Crippen molar-refractivity contribution in [3.63, 3.8) is 0 Å². The number of aliphatic hydroxyl groups is 2. The fraction of sp³-hybridized carbons (Fsp3) is 0.450. The third kappa shape index (κ3) is 8.10. The number of nitrogens with zero attached hydrogens (tertiary/aromatic N) is 1. The van der Waals surface area contributed by atoms with Gasteiger partial charge < -0.3 is 20.4 Å². The number of anilines is 1. The highest BCUT2D eigenvalue weighted by atomic mass is 19.4. The number of alkyl halides is 3. The summed E-state index contributed by atoms with van der Waals surface area (Å²) < 4.78 is 41.0. The highest BCUT2D eigenvalue weighted by Gasteiger charge is 2.57. The molecule has 9 heteroatoms. The van der Waals surface area contributed by atoms with Crippen molar-refractivity contribution < 1.29 is 33.0 Å². The SMILES string of the molecule is CCCN(CC1(O)CCC2c3ccc(cc3C(=O)c3cccc(C(F)(F)F)c3)CC(O)CCC(C)=CCCC21C)C(=O)Nc1ccccc1. The number of allylic oxidation sites excluding steroid dienone is 2. The van der Waals surface area contributed by atoms with Crippen LogP contribution in [0, 0.1) is 5.41 Å². The normalized spacial score (nSPS) is 24.4. The largest absolute Gasteiger partial charge is 0.416 e. The number of halogens is 3. The Kier molecular flexibility index (Phi) is 11.0. The fourth-order valence-corrected chi connectivity index (χ4v) is 7.75. The molecular formula is C40H47F3N2O4. The molecule has 3 aliphatic carbocycles. The van der Waals surface area contributed by atoms with E-state index in [1.54, 1.807) is 11.0 Å². The van der Waals surface area contributed by atoms with Crippen molar-refractivity contribution in [1.82, 2.24) is 4.90 Å². The van der Waals surface area contributed by atoms with Crippen molar-refractivity contribution in [1.29, 1.82) is 0 Å². The Labute approximate surface area is 287 Å². The van der Waals surface area contributed by atoms with Gasteiger partial charge in [0.1, 0.15) is 0 Å². The lowest BCUT2D eigenvalue weighted by molar-refractivity contribution is -0.137. The van der Waals surface area contributed by atoms with Gasteiger partial charge in [0, 0.05) is 28.8 Å². The molecule has 3 aliphatic rings. The summed E-state index contributed by atoms with van der Waals surface area (Å²) >= 11 is 0. The molecule has 0 aliphatic heterocycles. The number of hydrogen-bond acceptors (Lipinski definition) is 4. The Morgan fingerprint density at radius 2 is 1.76 bits per heavy atom. The molecule has 1 saturated carbocycles. The number of nitrogens with one attached hydrogen (secondary N) is 1. The van der Waals surface area contributed by atoms with Crippen LogP contribution >= 0.6 is 0 Å². The number of aliphatic hydroxyl groups excluding tert-OH is 1. The molecule has 2 bridgehead atoms. The number of urea groups is 1. The fourth-order valence-electron chi connectivity index (χ4n) is 7.75. The standard InChI is InChI=1S/C40H47F3N2O4/c1-4-22-45(37(48)44-31-13-6-5-7-14-31)26-39(49)21-19-35-33-18-16-28(23-32(46)17-15-27(2)10-9-20-38(35,39)3)24-34(33)36(47)29-11-8-12-30(25-29)40(41,42)43/h5-8,10-14,16,18,24-25,32,35,46,49H,4,9,15,17,19-23,26H2,1-3H3,(H,44,48). The van der Waals surface area contributed by atoms with Gasteiger partial charge in [-0.15, -0.1) is 0 Å². The van der Waals surface area contributed by atoms with E-state index in [1.165, 1.54) is 12.1 Å². The predicted octanol–water partition coefficient (Wildman–Crippen LogP) is 8.92. The van der Waals surface area contributed by atoms with Gasteiger partial charge in [-0.2, -0.15) is 13.2 Å². The second-order valence-corrected chi connectivity index (χ2v) is 14.1. The molecule has 1 fully saturated rings. The van der Waals surface area contributed by atoms with E-state index in [1.807, 2.05) is 63.2 Å². The third-order valence-corrected chi connectivity index (χ3v) is 10.6. The van der Waals surface area contributed by atoms with E-state index in [9.17, 15) is 33.0 Å². The number of benzene rings is 3. The molecule has 6 rings (SSSR count). The van der Waals surface area contributed by atoms with Crippen LogP contribution in [0.25, 0.3) is 0 Å². The van der Waals surface area contributed by atoms with Crippen LogP contribution in [-0.2, 0) is 12.6 Å². The van der Waals surface area contributed by atoms with Crippen LogP contribution in [-0.4, -0.2) is 51.7 Å². The van der Waals surface area contributed by atoms with Gasteiger partial charge in [-0.25, -0.2) is 4.79 Å². The maximum Gasteiger partial charge on any atom is 0.416 e. The Balaban J connectivity index is 1.58. The Morgan fingerprint density at radius 1 is 1.00 bits per heavy atom. The van der Waals surface area contributed by atoms with Crippen LogP contribution in [0.1, 0.15) is 104 Å². The smallest absolute Gasteiger partial charge is 0.393 e. The number of para-hydroxylation sites is 1. The van der Waals surface area contributed by atoms with Gasteiger partial charge in [-0.05, 0) is 106 Å². The number of ketones is 1. The number of carbonyl (C=O) groups is 2. The molecule has 3 aromatic rings. The zero-order chi connectivity index (χ0) is 35.4. The molecule has 3 N–H and O–H groups in total. The minimum Gasteiger partial charge on any atom is -0.393 e. The Morgan fingerprint density at radius 3 is 2.47 bits per heavy atom. The first-order valence-electron chi connectivity index (χ1n) is 17.3. The third-order valence-electron chi connectivity index (χ3n) is 10.6. The van der Waals surface area contributed by atoms with Crippen LogP contribution < -0.4 is 5.32 Å². The summed E-state index contributed by atoms with van der Waals surface area (Å²) in [6.45, 7) is 6.55. The highest BCUT2D eigenvalue weighted by molar-refractivity contribution is 6.10. The summed E-state index contributed by atoms with van der Waals surface area (Å²) in [5.74, 6) is -0.869. The zero-order valence-electron chi connectivity index (χ0n) is 28.5. The van der Waals surface area contributed by atoms with E-state index in [0.717, 1.165) is 17.7 Å². The zero-order valence-corrected chi connectivity index (χ0v) is 28.5. The van der Waals surface area contributed by atoms with Crippen molar-refractivity contribution in [2.24, 2.45) is 5.41 Å².